The standard InChI is InChI=1S/C33H29F10NO3/c1-20(2)47-22(4)28(36)11-8-13-31(19-23-9-6-5-7-10-23,21(3)15-26(34)12-14-46-33(42,43)30(37)38)44-29(45)24-16-25(32(39,40)41)18-27(35)17-24/h5-18,20,30H,3-4,19H2,1-2H3,(H,44,45)/t31-/m0/s1. The minimum atomic E-state index is -5.04. The zero-order valence-electron chi connectivity index (χ0n) is 24.9. The van der Waals surface area contributed by atoms with Gasteiger partial charge in [-0.15, -0.1) is 0 Å². The number of alkyl halides is 7. The van der Waals surface area contributed by atoms with E-state index in [1.807, 2.05) is 0 Å². The van der Waals surface area contributed by atoms with Gasteiger partial charge in [0, 0.05) is 18.1 Å². The van der Waals surface area contributed by atoms with E-state index in [2.05, 4.69) is 23.2 Å². The van der Waals surface area contributed by atoms with Crippen LogP contribution in [0, 0.1) is 5.82 Å². The van der Waals surface area contributed by atoms with Gasteiger partial charge in [0.2, 0.25) is 0 Å². The molecule has 0 aliphatic carbocycles. The van der Waals surface area contributed by atoms with Crippen LogP contribution in [-0.4, -0.2) is 30.1 Å². The monoisotopic (exact) mass is 677 g/mol. The smallest absolute Gasteiger partial charge is 0.460 e. The van der Waals surface area contributed by atoms with Gasteiger partial charge in [0.05, 0.1) is 23.5 Å². The molecular weight excluding hydrogens is 648 g/mol. The van der Waals surface area contributed by atoms with E-state index < -0.39 is 70.4 Å². The second kappa shape index (κ2) is 16.2. The van der Waals surface area contributed by atoms with Gasteiger partial charge in [0.1, 0.15) is 17.4 Å². The Bertz CT molecular complexity index is 1540. The summed E-state index contributed by atoms with van der Waals surface area (Å²) in [5.41, 5.74) is -4.33. The quantitative estimate of drug-likeness (QED) is 0.116. The SMILES string of the molecule is C=C(OC(C)C)C(F)=CC=C[C@@](Cc1ccccc1)(NC(=O)c1cc(F)cc(C(F)(F)F)c1)C(=C)C=C(F)C=COC(F)(F)C(F)F. The molecule has 0 saturated heterocycles. The van der Waals surface area contributed by atoms with Gasteiger partial charge in [0.15, 0.2) is 5.83 Å². The van der Waals surface area contributed by atoms with Crippen LogP contribution < -0.4 is 5.32 Å². The zero-order chi connectivity index (χ0) is 35.6. The summed E-state index contributed by atoms with van der Waals surface area (Å²) in [6.07, 6.45) is -11.3. The summed E-state index contributed by atoms with van der Waals surface area (Å²) >= 11 is 0. The van der Waals surface area contributed by atoms with E-state index in [9.17, 15) is 48.7 Å². The van der Waals surface area contributed by atoms with Crippen LogP contribution in [-0.2, 0) is 22.1 Å². The lowest BCUT2D eigenvalue weighted by Crippen LogP contribution is -2.50. The van der Waals surface area contributed by atoms with Crippen molar-refractivity contribution >= 4 is 5.91 Å². The number of amides is 1. The van der Waals surface area contributed by atoms with E-state index in [4.69, 9.17) is 4.74 Å². The normalized spacial score (nSPS) is 14.5. The molecule has 0 saturated carbocycles. The van der Waals surface area contributed by atoms with E-state index >= 15 is 0 Å². The Hall–Kier alpha value is -4.75. The van der Waals surface area contributed by atoms with Gasteiger partial charge >= 0.3 is 18.7 Å². The molecule has 0 bridgehead atoms. The van der Waals surface area contributed by atoms with E-state index in [0.29, 0.717) is 23.8 Å². The average Bonchev–Trinajstić information content (AvgIpc) is 2.96. The topological polar surface area (TPSA) is 47.6 Å². The highest BCUT2D eigenvalue weighted by Gasteiger charge is 2.43. The Balaban J connectivity index is 2.71. The maximum Gasteiger partial charge on any atom is 0.460 e. The molecule has 1 N–H and O–H groups in total. The number of nitrogens with one attached hydrogen (secondary N) is 1. The van der Waals surface area contributed by atoms with Crippen LogP contribution in [0.4, 0.5) is 43.9 Å². The van der Waals surface area contributed by atoms with Gasteiger partial charge in [-0.05, 0) is 55.3 Å². The van der Waals surface area contributed by atoms with Crippen molar-refractivity contribution in [2.45, 2.75) is 50.6 Å². The summed E-state index contributed by atoms with van der Waals surface area (Å²) in [4.78, 5) is 13.4. The molecule has 0 aliphatic rings. The van der Waals surface area contributed by atoms with Crippen LogP contribution in [0.5, 0.6) is 0 Å². The molecule has 0 heterocycles. The Morgan fingerprint density at radius 3 is 2.21 bits per heavy atom. The molecule has 1 amide bonds. The first-order valence-electron chi connectivity index (χ1n) is 13.5. The summed E-state index contributed by atoms with van der Waals surface area (Å²) in [5, 5.41) is 2.39. The second-order valence-electron chi connectivity index (χ2n) is 10.1. The molecule has 254 valence electrons. The third-order valence-corrected chi connectivity index (χ3v) is 6.01. The van der Waals surface area contributed by atoms with Gasteiger partial charge < -0.3 is 14.8 Å². The second-order valence-corrected chi connectivity index (χ2v) is 10.1. The van der Waals surface area contributed by atoms with Gasteiger partial charge in [-0.1, -0.05) is 55.6 Å². The van der Waals surface area contributed by atoms with Crippen molar-refractivity contribution in [3.63, 3.8) is 0 Å². The number of benzene rings is 2. The summed E-state index contributed by atoms with van der Waals surface area (Å²) in [6.45, 7) is 10.3. The molecule has 47 heavy (non-hydrogen) atoms. The first-order valence-corrected chi connectivity index (χ1v) is 13.5. The lowest BCUT2D eigenvalue weighted by Gasteiger charge is -2.33. The molecule has 0 spiro atoms. The minimum Gasteiger partial charge on any atom is -0.489 e. The predicted octanol–water partition coefficient (Wildman–Crippen LogP) is 9.70. The molecule has 2 aromatic carbocycles. The maximum absolute atomic E-state index is 14.9. The number of carbonyl (C=O) groups excluding carboxylic acids is 1. The highest BCUT2D eigenvalue weighted by Crippen LogP contribution is 2.32. The summed E-state index contributed by atoms with van der Waals surface area (Å²) in [6, 6.07) is 8.89. The molecule has 2 aromatic rings. The van der Waals surface area contributed by atoms with E-state index in [1.54, 1.807) is 44.2 Å². The van der Waals surface area contributed by atoms with Crippen molar-refractivity contribution in [2.75, 3.05) is 0 Å². The van der Waals surface area contributed by atoms with Crippen molar-refractivity contribution in [3.8, 4) is 0 Å². The third-order valence-electron chi connectivity index (χ3n) is 6.01. The number of ether oxygens (including phenoxy) is 2. The van der Waals surface area contributed by atoms with Crippen LogP contribution in [0.25, 0.3) is 0 Å². The number of allylic oxidation sites excluding steroid dienone is 5. The number of hydrogen-bond donors (Lipinski definition) is 1. The fraction of sp³-hybridized carbons (Fsp3) is 0.242. The van der Waals surface area contributed by atoms with E-state index in [0.717, 1.165) is 18.2 Å². The Morgan fingerprint density at radius 2 is 1.64 bits per heavy atom. The zero-order valence-corrected chi connectivity index (χ0v) is 24.9. The Morgan fingerprint density at radius 1 is 1.00 bits per heavy atom. The minimum absolute atomic E-state index is 0.0531. The molecule has 0 aliphatic heterocycles. The van der Waals surface area contributed by atoms with Crippen molar-refractivity contribution in [1.82, 2.24) is 5.32 Å². The van der Waals surface area contributed by atoms with Crippen LogP contribution in [0.3, 0.4) is 0 Å². The molecule has 1 atom stereocenters. The molecule has 0 aromatic heterocycles. The number of halogens is 10. The first-order chi connectivity index (χ1) is 21.8. The van der Waals surface area contributed by atoms with Gasteiger partial charge in [-0.2, -0.15) is 30.7 Å². The highest BCUT2D eigenvalue weighted by molar-refractivity contribution is 5.95. The Labute approximate surface area is 264 Å². The molecule has 0 unspecified atom stereocenters. The molecule has 2 rings (SSSR count). The fourth-order valence-corrected chi connectivity index (χ4v) is 3.84. The molecular formula is C33H29F10NO3. The summed E-state index contributed by atoms with van der Waals surface area (Å²) in [5.74, 6) is -5.48. The van der Waals surface area contributed by atoms with Gasteiger partial charge in [0.25, 0.3) is 5.91 Å². The van der Waals surface area contributed by atoms with Crippen molar-refractivity contribution in [2.24, 2.45) is 0 Å². The van der Waals surface area contributed by atoms with Gasteiger partial charge in [-0.3, -0.25) is 4.79 Å². The lowest BCUT2D eigenvalue weighted by atomic mass is 9.82. The number of carbonyl (C=O) groups is 1. The predicted molar refractivity (Wildman–Crippen MR) is 155 cm³/mol. The van der Waals surface area contributed by atoms with Crippen molar-refractivity contribution in [3.05, 3.63) is 144 Å². The lowest BCUT2D eigenvalue weighted by molar-refractivity contribution is -0.274. The fourth-order valence-electron chi connectivity index (χ4n) is 3.84. The third kappa shape index (κ3) is 11.8. The molecule has 0 radical (unpaired) electrons. The molecule has 4 nitrogen and oxygen atoms in total. The van der Waals surface area contributed by atoms with Gasteiger partial charge in [-0.25, -0.2) is 13.2 Å². The van der Waals surface area contributed by atoms with Crippen LogP contribution >= 0.6 is 0 Å². The average molecular weight is 678 g/mol. The first kappa shape index (κ1) is 38.4. The van der Waals surface area contributed by atoms with Crippen LogP contribution in [0.2, 0.25) is 0 Å². The maximum atomic E-state index is 14.9. The molecule has 0 fully saturated rings. The van der Waals surface area contributed by atoms with E-state index in [-0.39, 0.29) is 30.6 Å². The summed E-state index contributed by atoms with van der Waals surface area (Å²) < 4.78 is 144. The van der Waals surface area contributed by atoms with Crippen molar-refractivity contribution in [1.29, 1.82) is 0 Å². The highest BCUT2D eigenvalue weighted by atomic mass is 19.4. The largest absolute Gasteiger partial charge is 0.489 e. The number of rotatable bonds is 15. The molecule has 14 heteroatoms. The number of hydrogen-bond acceptors (Lipinski definition) is 3. The van der Waals surface area contributed by atoms with Crippen LogP contribution in [0.15, 0.2) is 121 Å². The summed E-state index contributed by atoms with van der Waals surface area (Å²) in [7, 11) is 0. The van der Waals surface area contributed by atoms with Crippen LogP contribution in [0.1, 0.15) is 35.3 Å². The Kier molecular flexibility index (Phi) is 13.2. The van der Waals surface area contributed by atoms with Crippen molar-refractivity contribution < 1.29 is 58.2 Å². The van der Waals surface area contributed by atoms with E-state index in [1.165, 1.54) is 0 Å².